The van der Waals surface area contributed by atoms with Crippen molar-refractivity contribution in [1.29, 1.82) is 0 Å². The van der Waals surface area contributed by atoms with Gasteiger partial charge in [-0.05, 0) is 54.3 Å². The Morgan fingerprint density at radius 1 is 1.00 bits per heavy atom. The average molecular weight is 443 g/mol. The van der Waals surface area contributed by atoms with E-state index in [0.717, 1.165) is 50.2 Å². The smallest absolute Gasteiger partial charge is 0.352 e. The molecule has 0 saturated heterocycles. The van der Waals surface area contributed by atoms with Crippen LogP contribution in [0.3, 0.4) is 0 Å². The van der Waals surface area contributed by atoms with E-state index in [1.807, 2.05) is 54.0 Å². The van der Waals surface area contributed by atoms with Crippen molar-refractivity contribution in [1.82, 2.24) is 9.88 Å². The van der Waals surface area contributed by atoms with Crippen molar-refractivity contribution >= 4 is 16.9 Å². The first-order valence-electron chi connectivity index (χ1n) is 11.0. The third kappa shape index (κ3) is 4.05. The topological polar surface area (TPSA) is 72.7 Å². The normalized spacial score (nSPS) is 12.4. The van der Waals surface area contributed by atoms with Gasteiger partial charge in [-0.1, -0.05) is 42.5 Å². The zero-order valence-electron chi connectivity index (χ0n) is 18.7. The number of aromatic nitrogens is 1. The molecule has 1 aliphatic heterocycles. The van der Waals surface area contributed by atoms with Gasteiger partial charge in [0.25, 0.3) is 0 Å². The fourth-order valence-electron chi connectivity index (χ4n) is 4.46. The molecule has 1 aromatic heterocycles. The molecule has 168 valence electrons. The number of aromatic carboxylic acids is 1. The summed E-state index contributed by atoms with van der Waals surface area (Å²) in [5.41, 5.74) is 6.47. The first kappa shape index (κ1) is 21.1. The molecule has 1 aliphatic rings. The van der Waals surface area contributed by atoms with Gasteiger partial charge >= 0.3 is 5.97 Å². The predicted molar refractivity (Wildman–Crippen MR) is 127 cm³/mol. The second-order valence-electron chi connectivity index (χ2n) is 8.46. The Morgan fingerprint density at radius 3 is 2.64 bits per heavy atom. The lowest BCUT2D eigenvalue weighted by Crippen LogP contribution is -2.17. The monoisotopic (exact) mass is 442 g/mol. The van der Waals surface area contributed by atoms with Crippen molar-refractivity contribution in [3.63, 3.8) is 0 Å². The van der Waals surface area contributed by atoms with Crippen LogP contribution in [0.1, 0.15) is 38.3 Å². The third-order valence-electron chi connectivity index (χ3n) is 6.19. The molecule has 2 N–H and O–H groups in total. The Bertz CT molecular complexity index is 1360. The fraction of sp³-hybridized carbons (Fsp3) is 0.222. The number of benzene rings is 3. The van der Waals surface area contributed by atoms with Crippen LogP contribution in [0.15, 0.2) is 60.7 Å². The fourth-order valence-corrected chi connectivity index (χ4v) is 4.46. The van der Waals surface area contributed by atoms with E-state index in [1.165, 1.54) is 0 Å². The SMILES string of the molecule is Cc1ccc2c(CNCc3ccc4c(c3)OCO4)c(C(=O)O)n(Cc3ccccc3C)c2c1. The van der Waals surface area contributed by atoms with E-state index < -0.39 is 5.97 Å². The quantitative estimate of drug-likeness (QED) is 0.420. The Hall–Kier alpha value is -3.77. The summed E-state index contributed by atoms with van der Waals surface area (Å²) in [6.45, 7) is 5.87. The molecule has 0 bridgehead atoms. The zero-order valence-corrected chi connectivity index (χ0v) is 18.7. The van der Waals surface area contributed by atoms with Gasteiger partial charge < -0.3 is 24.5 Å². The summed E-state index contributed by atoms with van der Waals surface area (Å²) in [5, 5.41) is 14.6. The number of hydrogen-bond acceptors (Lipinski definition) is 4. The van der Waals surface area contributed by atoms with Crippen LogP contribution in [0.2, 0.25) is 0 Å². The van der Waals surface area contributed by atoms with Crippen LogP contribution in [0.25, 0.3) is 10.9 Å². The molecule has 2 heterocycles. The van der Waals surface area contributed by atoms with Crippen LogP contribution < -0.4 is 14.8 Å². The van der Waals surface area contributed by atoms with Crippen molar-refractivity contribution in [3.05, 3.63) is 94.2 Å². The summed E-state index contributed by atoms with van der Waals surface area (Å²) in [6, 6.07) is 20.1. The van der Waals surface area contributed by atoms with Crippen LogP contribution in [0, 0.1) is 13.8 Å². The van der Waals surface area contributed by atoms with E-state index >= 15 is 0 Å². The highest BCUT2D eigenvalue weighted by Crippen LogP contribution is 2.33. The van der Waals surface area contributed by atoms with Crippen LogP contribution in [0.4, 0.5) is 0 Å². The molecule has 0 fully saturated rings. The summed E-state index contributed by atoms with van der Waals surface area (Å²) in [7, 11) is 0. The van der Waals surface area contributed by atoms with Crippen molar-refractivity contribution < 1.29 is 19.4 Å². The summed E-state index contributed by atoms with van der Waals surface area (Å²) >= 11 is 0. The van der Waals surface area contributed by atoms with Gasteiger partial charge in [0.1, 0.15) is 5.69 Å². The Kier molecular flexibility index (Phi) is 5.52. The third-order valence-corrected chi connectivity index (χ3v) is 6.19. The van der Waals surface area contributed by atoms with Crippen LogP contribution in [0.5, 0.6) is 11.5 Å². The van der Waals surface area contributed by atoms with Gasteiger partial charge in [0, 0.05) is 36.1 Å². The first-order valence-corrected chi connectivity index (χ1v) is 11.0. The number of aryl methyl sites for hydroxylation is 2. The molecule has 4 aromatic rings. The lowest BCUT2D eigenvalue weighted by molar-refractivity contribution is 0.0684. The molecule has 0 aliphatic carbocycles. The van der Waals surface area contributed by atoms with E-state index in [2.05, 4.69) is 30.4 Å². The summed E-state index contributed by atoms with van der Waals surface area (Å²) in [5.74, 6) is 0.574. The maximum Gasteiger partial charge on any atom is 0.352 e. The maximum atomic E-state index is 12.5. The minimum atomic E-state index is -0.919. The molecule has 3 aromatic carbocycles. The predicted octanol–water partition coefficient (Wildman–Crippen LogP) is 5.02. The van der Waals surface area contributed by atoms with E-state index in [-0.39, 0.29) is 6.79 Å². The van der Waals surface area contributed by atoms with Crippen molar-refractivity contribution in [2.45, 2.75) is 33.5 Å². The number of carboxylic acids is 1. The molecule has 6 nitrogen and oxygen atoms in total. The van der Waals surface area contributed by atoms with E-state index in [9.17, 15) is 9.90 Å². The van der Waals surface area contributed by atoms with Gasteiger partial charge in [-0.2, -0.15) is 0 Å². The van der Waals surface area contributed by atoms with Crippen molar-refractivity contribution in [3.8, 4) is 11.5 Å². The van der Waals surface area contributed by atoms with Crippen molar-refractivity contribution in [2.75, 3.05) is 6.79 Å². The number of nitrogens with zero attached hydrogens (tertiary/aromatic N) is 1. The maximum absolute atomic E-state index is 12.5. The Morgan fingerprint density at radius 2 is 1.82 bits per heavy atom. The zero-order chi connectivity index (χ0) is 22.9. The summed E-state index contributed by atoms with van der Waals surface area (Å²) < 4.78 is 12.8. The number of fused-ring (bicyclic) bond motifs is 2. The second kappa shape index (κ2) is 8.64. The molecule has 0 spiro atoms. The lowest BCUT2D eigenvalue weighted by Gasteiger charge is -2.12. The second-order valence-corrected chi connectivity index (χ2v) is 8.46. The number of carboxylic acid groups (broad SMARTS) is 1. The summed E-state index contributed by atoms with van der Waals surface area (Å²) in [6.07, 6.45) is 0. The minimum Gasteiger partial charge on any atom is -0.477 e. The van der Waals surface area contributed by atoms with Gasteiger partial charge in [0.15, 0.2) is 11.5 Å². The largest absolute Gasteiger partial charge is 0.477 e. The van der Waals surface area contributed by atoms with E-state index in [0.29, 0.717) is 25.3 Å². The van der Waals surface area contributed by atoms with Crippen LogP contribution in [-0.2, 0) is 19.6 Å². The Labute approximate surface area is 192 Å². The molecule has 0 amide bonds. The first-order chi connectivity index (χ1) is 16.0. The van der Waals surface area contributed by atoms with Gasteiger partial charge in [0.2, 0.25) is 6.79 Å². The van der Waals surface area contributed by atoms with Gasteiger partial charge in [0.05, 0.1) is 0 Å². The molecule has 0 atom stereocenters. The van der Waals surface area contributed by atoms with E-state index in [4.69, 9.17) is 9.47 Å². The molecule has 5 rings (SSSR count). The molecular weight excluding hydrogens is 416 g/mol. The van der Waals surface area contributed by atoms with Crippen LogP contribution >= 0.6 is 0 Å². The average Bonchev–Trinajstić information content (AvgIpc) is 3.37. The van der Waals surface area contributed by atoms with Gasteiger partial charge in [-0.15, -0.1) is 0 Å². The van der Waals surface area contributed by atoms with Crippen molar-refractivity contribution in [2.24, 2.45) is 0 Å². The molecule has 33 heavy (non-hydrogen) atoms. The highest BCUT2D eigenvalue weighted by atomic mass is 16.7. The highest BCUT2D eigenvalue weighted by Gasteiger charge is 2.23. The molecule has 0 saturated carbocycles. The number of ether oxygens (including phenoxy) is 2. The number of rotatable bonds is 7. The summed E-state index contributed by atoms with van der Waals surface area (Å²) in [4.78, 5) is 12.5. The standard InChI is InChI=1S/C27H26N2O4/c1-17-7-9-21-22(14-28-13-19-8-10-24-25(12-19)33-16-32-24)26(27(30)31)29(23(21)11-17)15-20-6-4-3-5-18(20)2/h3-12,28H,13-16H2,1-2H3,(H,30,31). The lowest BCUT2D eigenvalue weighted by atomic mass is 10.1. The van der Waals surface area contributed by atoms with Gasteiger partial charge in [-0.3, -0.25) is 0 Å². The number of nitrogens with one attached hydrogen (secondary N) is 1. The number of carbonyl (C=O) groups is 1. The Balaban J connectivity index is 1.49. The van der Waals surface area contributed by atoms with E-state index in [1.54, 1.807) is 0 Å². The molecule has 6 heteroatoms. The van der Waals surface area contributed by atoms with Crippen LogP contribution in [-0.4, -0.2) is 22.4 Å². The highest BCUT2D eigenvalue weighted by molar-refractivity contribution is 5.98. The molecule has 0 unspecified atom stereocenters. The molecular formula is C27H26N2O4. The molecule has 0 radical (unpaired) electrons. The minimum absolute atomic E-state index is 0.244. The van der Waals surface area contributed by atoms with Gasteiger partial charge in [-0.25, -0.2) is 4.79 Å². The number of hydrogen-bond donors (Lipinski definition) is 2.